The van der Waals surface area contributed by atoms with Crippen molar-refractivity contribution in [3.05, 3.63) is 149 Å². The molecule has 510 valence electrons. The number of halogens is 2. The Morgan fingerprint density at radius 2 is 1.04 bits per heavy atom. The second kappa shape index (κ2) is 35.9. The van der Waals surface area contributed by atoms with Crippen molar-refractivity contribution >= 4 is 78.8 Å². The Labute approximate surface area is 567 Å². The summed E-state index contributed by atoms with van der Waals surface area (Å²) in [5.74, 6) is 0.936. The molecule has 0 bridgehead atoms. The Morgan fingerprint density at radius 1 is 0.674 bits per heavy atom. The van der Waals surface area contributed by atoms with Gasteiger partial charge in [-0.15, -0.1) is 0 Å². The molecule has 0 spiro atoms. The molecule has 1 unspecified atom stereocenters. The number of nitriles is 2. The number of aliphatic hydroxyl groups is 5. The molecule has 32 nitrogen and oxygen atoms in total. The maximum atomic E-state index is 13.7. The minimum absolute atomic E-state index is 0. The molecule has 2 aliphatic rings. The first-order valence-electron chi connectivity index (χ1n) is 28.2. The average molecular weight is 1400 g/mol. The number of aliphatic hydroxyl groups excluding tert-OH is 5. The minimum atomic E-state index is -4.30. The predicted molar refractivity (Wildman–Crippen MR) is 335 cm³/mol. The molecule has 2 saturated heterocycles. The summed E-state index contributed by atoms with van der Waals surface area (Å²) in [5.41, 5.74) is 8.63. The van der Waals surface area contributed by atoms with Crippen LogP contribution in [0.2, 0.25) is 0 Å². The van der Waals surface area contributed by atoms with Crippen molar-refractivity contribution in [3.63, 3.8) is 0 Å². The van der Waals surface area contributed by atoms with Crippen LogP contribution >= 0.6 is 15.5 Å². The van der Waals surface area contributed by atoms with E-state index in [2.05, 4.69) is 51.1 Å². The van der Waals surface area contributed by atoms with Gasteiger partial charge in [0.15, 0.2) is 11.6 Å². The van der Waals surface area contributed by atoms with E-state index in [1.165, 1.54) is 90.0 Å². The molecule has 0 radical (unpaired) electrons. The van der Waals surface area contributed by atoms with Gasteiger partial charge in [0.1, 0.15) is 102 Å². The molecule has 9 rings (SSSR count). The molecule has 95 heavy (non-hydrogen) atoms. The second-order valence-electron chi connectivity index (χ2n) is 21.5. The Balaban J connectivity index is 0.000000370. The Kier molecular flexibility index (Phi) is 30.8. The number of hydrogen-bond donors (Lipinski definition) is 9. The summed E-state index contributed by atoms with van der Waals surface area (Å²) in [5, 5.41) is 94.5. The van der Waals surface area contributed by atoms with Gasteiger partial charge < -0.3 is 87.8 Å². The number of carbonyl (C=O) groups excluding carboxylic acids is 2. The fourth-order valence-corrected chi connectivity index (χ4v) is 11.7. The third kappa shape index (κ3) is 20.4. The quantitative estimate of drug-likeness (QED) is 0.0124. The van der Waals surface area contributed by atoms with Crippen molar-refractivity contribution in [2.45, 2.75) is 134 Å². The van der Waals surface area contributed by atoms with Crippen LogP contribution in [0.3, 0.4) is 0 Å². The number of non-ortho nitro benzene ring substituents is 1. The molecule has 0 amide bonds. The van der Waals surface area contributed by atoms with Crippen LogP contribution in [0.15, 0.2) is 122 Å². The summed E-state index contributed by atoms with van der Waals surface area (Å²) in [6, 6.07) is 29.2. The van der Waals surface area contributed by atoms with Gasteiger partial charge in [-0.3, -0.25) is 28.9 Å². The number of nitro benzene ring substituents is 1. The molecule has 0 saturated carbocycles. The maximum absolute atomic E-state index is 13.7. The van der Waals surface area contributed by atoms with Crippen LogP contribution in [0.4, 0.5) is 22.0 Å². The van der Waals surface area contributed by atoms with Gasteiger partial charge in [-0.05, 0) is 102 Å². The number of anilines is 2. The largest absolute Gasteiger partial charge is 2.00 e. The van der Waals surface area contributed by atoms with E-state index in [-0.39, 0.29) is 92.2 Å². The molecule has 7 aromatic rings. The van der Waals surface area contributed by atoms with E-state index in [1.807, 2.05) is 12.1 Å². The standard InChI is InChI=1S/C24H29N6O8P.C18H21N2O7P.C12H13N5O4.C4H9.ClH.FH.Mg/c1-14(2)36-23(33)15(3)29-39(34,38-16-7-5-4-6-8-16)35-11-18-20(31)21(32)24(12-25,37-18)19-10-9-17-22(26)27-13-28-30(17)19;1-13(2)25-18(21)14(3)19-28(24,26-16-7-5-4-6-8-16)27-17-11-9-15(10-12-17)20(22)23;13-4-12(10(20)9(19)7(3-18)21-12)8-2-1-6-11(14)15-5-16-17(6)8;1-4(2)3;;;/h4-10,13-15,18,20-21,31-32H,11H2,1-3H3,(H,29,34)(H2,26,27,28);4-14H,1-3H3,(H,19,24);1-2,5,7,9-10,18-20H,3H2,(H2,14,15,16);1-3H3;2*1H;/q;;;-1;;;+2/p-1/t15-,18+,20+,21+,24-,39-;14-,28?;7-,9-,10-,12+;;;;/m001..../s1. The average Bonchev–Trinajstić information content (AvgIpc) is 1.60. The zero-order chi connectivity index (χ0) is 67.9. The molecule has 11 N–H and O–H groups in total. The van der Waals surface area contributed by atoms with Gasteiger partial charge in [-0.2, -0.15) is 51.7 Å². The van der Waals surface area contributed by atoms with Crippen molar-refractivity contribution in [1.82, 2.24) is 39.4 Å². The Hall–Kier alpha value is -7.73. The van der Waals surface area contributed by atoms with Crippen molar-refractivity contribution in [2.75, 3.05) is 24.7 Å². The van der Waals surface area contributed by atoms with E-state index >= 15 is 0 Å². The summed E-state index contributed by atoms with van der Waals surface area (Å²) in [6.07, 6.45) is -7.08. The van der Waals surface area contributed by atoms with Crippen LogP contribution in [0.25, 0.3) is 11.0 Å². The number of nitrogens with zero attached hydrogens (tertiary/aromatic N) is 9. The number of nitro groups is 1. The number of benzene rings is 3. The number of nitrogens with one attached hydrogen (secondary N) is 2. The molecular formula is C58H73ClFMgN13O19P2. The number of para-hydroxylation sites is 2. The maximum Gasteiger partial charge on any atom is 2.00 e. The number of esters is 2. The molecule has 4 aromatic heterocycles. The molecule has 2 aliphatic heterocycles. The second-order valence-corrected chi connectivity index (χ2v) is 24.8. The number of hydrogen-bond acceptors (Lipinski definition) is 27. The molecule has 2 fully saturated rings. The Bertz CT molecular complexity index is 3820. The first-order chi connectivity index (χ1) is 43.5. The van der Waals surface area contributed by atoms with Gasteiger partial charge in [-0.25, -0.2) is 28.1 Å². The predicted octanol–water partition coefficient (Wildman–Crippen LogP) is 1.91. The number of ether oxygens (including phenoxy) is 4. The smallest absolute Gasteiger partial charge is 1.00 e. The molecule has 37 heteroatoms. The zero-order valence-corrected chi connectivity index (χ0v) is 56.7. The topological polar surface area (TPSA) is 470 Å². The molecule has 3 aromatic carbocycles. The third-order valence-electron chi connectivity index (χ3n) is 12.9. The van der Waals surface area contributed by atoms with Crippen LogP contribution in [-0.2, 0) is 53.4 Å². The van der Waals surface area contributed by atoms with E-state index in [1.54, 1.807) is 88.4 Å². The summed E-state index contributed by atoms with van der Waals surface area (Å²) < 4.78 is 73.3. The fraction of sp³-hybridized carbons (Fsp3) is 0.397. The normalized spacial score (nSPS) is 22.0. The minimum Gasteiger partial charge on any atom is -1.00 e. The molecule has 6 heterocycles. The van der Waals surface area contributed by atoms with Gasteiger partial charge in [0.05, 0.1) is 41.7 Å². The SMILES string of the molecule is CC(C)OC(=O)[C@H](C)NP(=O)(Oc1ccccc1)Oc1ccc([N+](=O)[O-])cc1.CC(C)OC(=O)[C@H](C)N[P@](=O)(OC[C@H]1O[C@@](C#N)(c2ccc3c(N)ncnn23)[C@H](O)[C@@H]1O)Oc1ccccc1.C[C-](C)C.F.N#C[C@@]1(c2ccc3c(N)ncnn23)O[C@H](CO)[C@@H](O)[C@H]1O.[Cl-].[Mg+2]. The third-order valence-corrected chi connectivity index (χ3v) is 16.1. The van der Waals surface area contributed by atoms with E-state index in [4.69, 9.17) is 48.5 Å². The van der Waals surface area contributed by atoms with Crippen LogP contribution in [0.1, 0.15) is 73.7 Å². The van der Waals surface area contributed by atoms with Gasteiger partial charge in [0, 0.05) is 12.1 Å². The molecule has 0 aliphatic carbocycles. The van der Waals surface area contributed by atoms with Crippen molar-refractivity contribution < 1.29 is 103 Å². The number of fused-ring (bicyclic) bond motifs is 2. The molecule has 12 atom stereocenters. The summed E-state index contributed by atoms with van der Waals surface area (Å²) in [7, 11) is -8.37. The summed E-state index contributed by atoms with van der Waals surface area (Å²) in [4.78, 5) is 42.3. The van der Waals surface area contributed by atoms with E-state index in [9.17, 15) is 64.9 Å². The number of nitrogens with two attached hydrogens (primary N) is 2. The number of nitrogen functional groups attached to an aromatic ring is 2. The zero-order valence-electron chi connectivity index (χ0n) is 52.8. The van der Waals surface area contributed by atoms with E-state index in [0.29, 0.717) is 11.0 Å². The van der Waals surface area contributed by atoms with Crippen LogP contribution in [0.5, 0.6) is 17.2 Å². The monoisotopic (exact) mass is 1400 g/mol. The first kappa shape index (κ1) is 81.5. The van der Waals surface area contributed by atoms with Gasteiger partial charge in [0.25, 0.3) is 5.69 Å². The fourth-order valence-electron chi connectivity index (χ4n) is 8.70. The van der Waals surface area contributed by atoms with Gasteiger partial charge in [0.2, 0.25) is 11.2 Å². The van der Waals surface area contributed by atoms with Gasteiger partial charge >= 0.3 is 50.5 Å². The first-order valence-corrected chi connectivity index (χ1v) is 31.2. The van der Waals surface area contributed by atoms with Crippen LogP contribution < -0.4 is 47.6 Å². The van der Waals surface area contributed by atoms with E-state index < -0.39 is 112 Å². The van der Waals surface area contributed by atoms with Crippen LogP contribution in [0, 0.1) is 38.7 Å². The van der Waals surface area contributed by atoms with Crippen molar-refractivity contribution in [2.24, 2.45) is 0 Å². The van der Waals surface area contributed by atoms with Crippen molar-refractivity contribution in [1.29, 1.82) is 10.5 Å². The summed E-state index contributed by atoms with van der Waals surface area (Å²) in [6.45, 7) is 14.7. The van der Waals surface area contributed by atoms with Crippen LogP contribution in [-0.4, -0.2) is 169 Å². The van der Waals surface area contributed by atoms with Crippen molar-refractivity contribution in [3.8, 4) is 29.4 Å². The number of rotatable bonds is 21. The number of carbonyl (C=O) groups is 2. The summed E-state index contributed by atoms with van der Waals surface area (Å²) >= 11 is 0. The number of aromatic nitrogens is 6. The van der Waals surface area contributed by atoms with Gasteiger partial charge in [-0.1, -0.05) is 36.4 Å². The van der Waals surface area contributed by atoms with E-state index in [0.717, 1.165) is 0 Å². The molecular weight excluding hydrogens is 1320 g/mol. The Morgan fingerprint density at radius 3 is 1.41 bits per heavy atom.